The molecule has 0 saturated heterocycles. The van der Waals surface area contributed by atoms with Crippen LogP contribution in [0.5, 0.6) is 11.5 Å². The third-order valence-electron chi connectivity index (χ3n) is 4.14. The van der Waals surface area contributed by atoms with Crippen LogP contribution in [0, 0.1) is 9.39 Å². The van der Waals surface area contributed by atoms with E-state index >= 15 is 0 Å². The highest BCUT2D eigenvalue weighted by molar-refractivity contribution is 14.1. The molecule has 0 spiro atoms. The molecule has 0 amide bonds. The fraction of sp³-hybridized carbons (Fsp3) is 0. The number of benzene rings is 4. The van der Waals surface area contributed by atoms with Crippen LogP contribution in [0.4, 0.5) is 4.39 Å². The van der Waals surface area contributed by atoms with Crippen LogP contribution in [0.2, 0.25) is 0 Å². The number of rotatable bonds is 5. The summed E-state index contributed by atoms with van der Waals surface area (Å²) in [6, 6.07) is 33.7. The summed E-state index contributed by atoms with van der Waals surface area (Å²) in [6.07, 6.45) is 0. The summed E-state index contributed by atoms with van der Waals surface area (Å²) in [5.74, 6) is 1.12. The van der Waals surface area contributed by atoms with Gasteiger partial charge in [0.15, 0.2) is 14.7 Å². The van der Waals surface area contributed by atoms with Crippen molar-refractivity contribution in [1.29, 1.82) is 0 Å². The molecule has 0 bridgehead atoms. The van der Waals surface area contributed by atoms with Crippen LogP contribution in [0.15, 0.2) is 118 Å². The maximum Gasteiger partial charge on any atom is 0.166 e. The number of hydrogen-bond donors (Lipinski definition) is 0. The van der Waals surface area contributed by atoms with Crippen molar-refractivity contribution in [2.24, 2.45) is 0 Å². The lowest BCUT2D eigenvalue weighted by Gasteiger charge is -2.10. The van der Waals surface area contributed by atoms with Crippen molar-refractivity contribution in [3.05, 3.63) is 113 Å². The van der Waals surface area contributed by atoms with Crippen molar-refractivity contribution < 1.29 is 9.13 Å². The molecule has 1 nitrogen and oxygen atoms in total. The predicted molar refractivity (Wildman–Crippen MR) is 121 cm³/mol. The summed E-state index contributed by atoms with van der Waals surface area (Å²) in [7, 11) is -0.183. The minimum atomic E-state index is -0.262. The Morgan fingerprint density at radius 2 is 1.18 bits per heavy atom. The Morgan fingerprint density at radius 1 is 0.643 bits per heavy atom. The molecule has 0 aliphatic heterocycles. The van der Waals surface area contributed by atoms with Crippen LogP contribution in [-0.4, -0.2) is 0 Å². The Hall–Kier alpha value is -2.31. The zero-order chi connectivity index (χ0) is 19.3. The molecule has 0 N–H and O–H groups in total. The van der Waals surface area contributed by atoms with Crippen molar-refractivity contribution in [3.8, 4) is 11.5 Å². The first-order valence-electron chi connectivity index (χ1n) is 8.78. The van der Waals surface area contributed by atoms with E-state index < -0.39 is 0 Å². The van der Waals surface area contributed by atoms with Gasteiger partial charge in [-0.2, -0.15) is 0 Å². The molecule has 0 aliphatic carbocycles. The Balaban J connectivity index is 1.65. The van der Waals surface area contributed by atoms with Gasteiger partial charge in [-0.05, 0) is 89.3 Å². The van der Waals surface area contributed by atoms with E-state index in [-0.39, 0.29) is 16.7 Å². The molecule has 0 aromatic heterocycles. The van der Waals surface area contributed by atoms with E-state index in [4.69, 9.17) is 4.74 Å². The molecule has 0 saturated carbocycles. The molecule has 4 aromatic carbocycles. The molecule has 0 aliphatic rings. The minimum Gasteiger partial charge on any atom is -0.456 e. The molecule has 4 heteroatoms. The zero-order valence-electron chi connectivity index (χ0n) is 14.9. The van der Waals surface area contributed by atoms with Gasteiger partial charge in [-0.3, -0.25) is 0 Å². The lowest BCUT2D eigenvalue weighted by molar-refractivity contribution is 0.476. The van der Waals surface area contributed by atoms with E-state index in [0.717, 1.165) is 9.32 Å². The van der Waals surface area contributed by atoms with Gasteiger partial charge >= 0.3 is 0 Å². The first-order chi connectivity index (χ1) is 13.7. The van der Waals surface area contributed by atoms with Crippen LogP contribution in [0.3, 0.4) is 0 Å². The monoisotopic (exact) mass is 499 g/mol. The summed E-state index contributed by atoms with van der Waals surface area (Å²) in [6.45, 7) is 0. The largest absolute Gasteiger partial charge is 0.456 e. The highest BCUT2D eigenvalue weighted by Crippen LogP contribution is 2.33. The third kappa shape index (κ3) is 4.39. The molecular weight excluding hydrogens is 482 g/mol. The van der Waals surface area contributed by atoms with Gasteiger partial charge in [0.25, 0.3) is 0 Å². The Bertz CT molecular complexity index is 1010. The van der Waals surface area contributed by atoms with Crippen molar-refractivity contribution in [3.63, 3.8) is 0 Å². The molecule has 0 radical (unpaired) electrons. The average Bonchev–Trinajstić information content (AvgIpc) is 2.73. The molecule has 0 atom stereocenters. The predicted octanol–water partition coefficient (Wildman–Crippen LogP) is 7.32. The molecule has 4 rings (SSSR count). The lowest BCUT2D eigenvalue weighted by atomic mass is 10.3. The summed E-state index contributed by atoms with van der Waals surface area (Å²) < 4.78 is 20.0. The Labute approximate surface area is 180 Å². The fourth-order valence-corrected chi connectivity index (χ4v) is 5.52. The van der Waals surface area contributed by atoms with Gasteiger partial charge in [0, 0.05) is 0 Å². The Morgan fingerprint density at radius 3 is 1.71 bits per heavy atom. The number of halogens is 2. The van der Waals surface area contributed by atoms with E-state index in [1.165, 1.54) is 26.8 Å². The van der Waals surface area contributed by atoms with Crippen molar-refractivity contribution >= 4 is 33.5 Å². The molecule has 4 aromatic rings. The highest BCUT2D eigenvalue weighted by atomic mass is 127. The summed E-state index contributed by atoms with van der Waals surface area (Å²) in [4.78, 5) is 3.77. The van der Waals surface area contributed by atoms with E-state index in [0.29, 0.717) is 5.75 Å². The van der Waals surface area contributed by atoms with E-state index in [2.05, 4.69) is 83.3 Å². The van der Waals surface area contributed by atoms with Crippen molar-refractivity contribution in [2.75, 3.05) is 0 Å². The second-order valence-corrected chi connectivity index (χ2v) is 9.27. The maximum absolute atomic E-state index is 13.3. The van der Waals surface area contributed by atoms with Gasteiger partial charge in [0.2, 0.25) is 0 Å². The van der Waals surface area contributed by atoms with Gasteiger partial charge in [0.1, 0.15) is 17.3 Å². The molecule has 0 heterocycles. The van der Waals surface area contributed by atoms with Crippen molar-refractivity contribution in [2.45, 2.75) is 14.7 Å². The quantitative estimate of drug-likeness (QED) is 0.207. The van der Waals surface area contributed by atoms with Crippen LogP contribution in [0.25, 0.3) is 0 Å². The van der Waals surface area contributed by atoms with Crippen molar-refractivity contribution in [1.82, 2.24) is 0 Å². The second-order valence-electron chi connectivity index (χ2n) is 6.08. The second kappa shape index (κ2) is 8.80. The topological polar surface area (TPSA) is 9.23 Å². The smallest absolute Gasteiger partial charge is 0.166 e. The summed E-state index contributed by atoms with van der Waals surface area (Å²) in [5.41, 5.74) is 0. The molecule has 0 unspecified atom stereocenters. The first kappa shape index (κ1) is 19.0. The molecular formula is C24H17FIOS+. The Kier molecular flexibility index (Phi) is 5.98. The normalized spacial score (nSPS) is 10.8. The molecule has 138 valence electrons. The number of ether oxygens (including phenoxy) is 1. The number of hydrogen-bond acceptors (Lipinski definition) is 1. The fourth-order valence-electron chi connectivity index (χ4n) is 2.85. The third-order valence-corrected chi connectivity index (χ3v) is 7.21. The minimum absolute atomic E-state index is 0.183. The summed E-state index contributed by atoms with van der Waals surface area (Å²) >= 11 is 2.08. The van der Waals surface area contributed by atoms with Crippen LogP contribution in [0.1, 0.15) is 0 Å². The van der Waals surface area contributed by atoms with E-state index in [1.807, 2.05) is 24.3 Å². The maximum atomic E-state index is 13.3. The highest BCUT2D eigenvalue weighted by Gasteiger charge is 2.28. The van der Waals surface area contributed by atoms with Gasteiger partial charge in [-0.15, -0.1) is 0 Å². The van der Waals surface area contributed by atoms with Gasteiger partial charge in [-0.25, -0.2) is 4.39 Å². The SMILES string of the molecule is Fc1ccc(Oc2ccc([S+](c3ccccc3)c3ccccc3)cc2)c(I)c1. The zero-order valence-corrected chi connectivity index (χ0v) is 17.9. The molecule has 28 heavy (non-hydrogen) atoms. The van der Waals surface area contributed by atoms with Gasteiger partial charge < -0.3 is 4.74 Å². The van der Waals surface area contributed by atoms with E-state index in [1.54, 1.807) is 6.07 Å². The first-order valence-corrected chi connectivity index (χ1v) is 11.1. The standard InChI is InChI=1S/C24H17FIOS/c25-18-11-16-24(23(26)17-18)27-19-12-14-22(15-13-19)28(20-7-3-1-4-8-20)21-9-5-2-6-10-21/h1-17H/q+1. The van der Waals surface area contributed by atoms with E-state index in [9.17, 15) is 4.39 Å². The average molecular weight is 499 g/mol. The van der Waals surface area contributed by atoms with Gasteiger partial charge in [0.05, 0.1) is 14.5 Å². The van der Waals surface area contributed by atoms with Gasteiger partial charge in [-0.1, -0.05) is 36.4 Å². The lowest BCUT2D eigenvalue weighted by Crippen LogP contribution is -2.04. The van der Waals surface area contributed by atoms with Crippen LogP contribution >= 0.6 is 22.6 Å². The van der Waals surface area contributed by atoms with Crippen LogP contribution in [-0.2, 0) is 10.9 Å². The summed E-state index contributed by atoms with van der Waals surface area (Å²) in [5, 5.41) is 0. The van der Waals surface area contributed by atoms with Crippen LogP contribution < -0.4 is 4.74 Å². The molecule has 0 fully saturated rings.